The van der Waals surface area contributed by atoms with Gasteiger partial charge in [0.15, 0.2) is 0 Å². The van der Waals surface area contributed by atoms with E-state index in [2.05, 4.69) is 19.5 Å². The molecule has 0 aliphatic heterocycles. The first-order valence-electron chi connectivity index (χ1n) is 7.13. The monoisotopic (exact) mass is 355 g/mol. The van der Waals surface area contributed by atoms with Crippen LogP contribution in [0.5, 0.6) is 0 Å². The molecule has 0 unspecified atom stereocenters. The van der Waals surface area contributed by atoms with Gasteiger partial charge in [0.05, 0.1) is 33.7 Å². The number of methoxy groups -OCH3 is 3. The molecule has 25 heavy (non-hydrogen) atoms. The minimum absolute atomic E-state index is 0.0528. The highest BCUT2D eigenvalue weighted by molar-refractivity contribution is 5.98. The van der Waals surface area contributed by atoms with Crippen molar-refractivity contribution >= 4 is 23.8 Å². The average molecular weight is 355 g/mol. The van der Waals surface area contributed by atoms with Crippen LogP contribution in [-0.4, -0.2) is 51.2 Å². The molecule has 1 amide bonds. The number of carbonyl (C=O) groups excluding carboxylic acids is 4. The van der Waals surface area contributed by atoms with Crippen molar-refractivity contribution < 1.29 is 37.8 Å². The van der Waals surface area contributed by atoms with Crippen LogP contribution in [0.1, 0.15) is 16.8 Å². The van der Waals surface area contributed by atoms with Crippen LogP contribution in [0.4, 0.5) is 4.39 Å². The SMILES string of the molecule is COC(=O)C[C@@H](C(=O)OC)[C@@H](NC(=O)c1ccc(F)cc1)C(=O)OC. The van der Waals surface area contributed by atoms with Crippen LogP contribution in [0.25, 0.3) is 0 Å². The molecule has 0 radical (unpaired) electrons. The molecule has 9 heteroatoms. The molecular formula is C16H18FNO7. The maximum Gasteiger partial charge on any atom is 0.329 e. The van der Waals surface area contributed by atoms with E-state index >= 15 is 0 Å². The van der Waals surface area contributed by atoms with Gasteiger partial charge in [-0.1, -0.05) is 0 Å². The highest BCUT2D eigenvalue weighted by Crippen LogP contribution is 2.15. The third kappa shape index (κ3) is 5.55. The minimum Gasteiger partial charge on any atom is -0.469 e. The van der Waals surface area contributed by atoms with E-state index in [1.54, 1.807) is 0 Å². The standard InChI is InChI=1S/C16H18FNO7/c1-23-12(19)8-11(15(21)24-2)13(16(22)25-3)18-14(20)9-4-6-10(17)7-5-9/h4-7,11,13H,8H2,1-3H3,(H,18,20)/t11-,13-/m1/s1. The molecule has 0 aromatic heterocycles. The molecule has 0 saturated heterocycles. The third-order valence-electron chi connectivity index (χ3n) is 3.37. The molecule has 1 aromatic rings. The summed E-state index contributed by atoms with van der Waals surface area (Å²) in [5, 5.41) is 2.30. The molecule has 8 nitrogen and oxygen atoms in total. The lowest BCUT2D eigenvalue weighted by Crippen LogP contribution is -2.50. The number of halogens is 1. The van der Waals surface area contributed by atoms with E-state index in [0.29, 0.717) is 0 Å². The predicted molar refractivity (Wildman–Crippen MR) is 81.8 cm³/mol. The van der Waals surface area contributed by atoms with Crippen LogP contribution in [0, 0.1) is 11.7 Å². The first kappa shape index (κ1) is 20.1. The average Bonchev–Trinajstić information content (AvgIpc) is 2.63. The van der Waals surface area contributed by atoms with Crippen molar-refractivity contribution in [3.63, 3.8) is 0 Å². The number of esters is 3. The molecule has 1 rings (SSSR count). The first-order chi connectivity index (χ1) is 11.8. The lowest BCUT2D eigenvalue weighted by molar-refractivity contribution is -0.158. The van der Waals surface area contributed by atoms with Crippen molar-refractivity contribution in [1.29, 1.82) is 0 Å². The number of rotatable bonds is 7. The largest absolute Gasteiger partial charge is 0.469 e. The molecule has 0 aliphatic rings. The van der Waals surface area contributed by atoms with Gasteiger partial charge in [0.2, 0.25) is 0 Å². The van der Waals surface area contributed by atoms with Gasteiger partial charge in [0.25, 0.3) is 5.91 Å². The number of amides is 1. The lowest BCUT2D eigenvalue weighted by atomic mass is 9.95. The summed E-state index contributed by atoms with van der Waals surface area (Å²) in [4.78, 5) is 47.7. The normalized spacial score (nSPS) is 12.5. The van der Waals surface area contributed by atoms with E-state index in [1.165, 1.54) is 12.1 Å². The summed E-state index contributed by atoms with van der Waals surface area (Å²) in [6.45, 7) is 0. The van der Waals surface area contributed by atoms with Gasteiger partial charge >= 0.3 is 17.9 Å². The minimum atomic E-state index is -1.49. The summed E-state index contributed by atoms with van der Waals surface area (Å²) < 4.78 is 26.6. The zero-order valence-electron chi connectivity index (χ0n) is 13.9. The van der Waals surface area contributed by atoms with Gasteiger partial charge < -0.3 is 19.5 Å². The molecule has 1 N–H and O–H groups in total. The second kappa shape index (κ2) is 9.36. The summed E-state index contributed by atoms with van der Waals surface area (Å²) in [7, 11) is 3.25. The first-order valence-corrected chi connectivity index (χ1v) is 7.13. The van der Waals surface area contributed by atoms with E-state index in [0.717, 1.165) is 33.5 Å². The topological polar surface area (TPSA) is 108 Å². The van der Waals surface area contributed by atoms with E-state index in [4.69, 9.17) is 0 Å². The second-order valence-corrected chi connectivity index (χ2v) is 4.89. The Kier molecular flexibility index (Phi) is 7.51. The Morgan fingerprint density at radius 2 is 1.52 bits per heavy atom. The fourth-order valence-electron chi connectivity index (χ4n) is 2.03. The Morgan fingerprint density at radius 3 is 2.00 bits per heavy atom. The molecule has 1 aromatic carbocycles. The van der Waals surface area contributed by atoms with Crippen molar-refractivity contribution in [2.24, 2.45) is 5.92 Å². The number of benzene rings is 1. The fraction of sp³-hybridized carbons (Fsp3) is 0.375. The van der Waals surface area contributed by atoms with Crippen LogP contribution < -0.4 is 5.32 Å². The quantitative estimate of drug-likeness (QED) is 0.559. The fourth-order valence-corrected chi connectivity index (χ4v) is 2.03. The molecule has 0 saturated carbocycles. The predicted octanol–water partition coefficient (Wildman–Crippen LogP) is 0.449. The summed E-state index contributed by atoms with van der Waals surface area (Å²) in [6.07, 6.45) is -0.507. The molecule has 0 heterocycles. The van der Waals surface area contributed by atoms with Crippen molar-refractivity contribution in [2.75, 3.05) is 21.3 Å². The van der Waals surface area contributed by atoms with Gasteiger partial charge in [-0.2, -0.15) is 0 Å². The van der Waals surface area contributed by atoms with Crippen molar-refractivity contribution in [3.05, 3.63) is 35.6 Å². The van der Waals surface area contributed by atoms with Crippen LogP contribution in [0.2, 0.25) is 0 Å². The number of hydrogen-bond acceptors (Lipinski definition) is 7. The molecule has 0 aliphatic carbocycles. The molecule has 0 fully saturated rings. The lowest BCUT2D eigenvalue weighted by Gasteiger charge is -2.23. The highest BCUT2D eigenvalue weighted by Gasteiger charge is 2.38. The molecular weight excluding hydrogens is 337 g/mol. The maximum absolute atomic E-state index is 12.9. The van der Waals surface area contributed by atoms with Gasteiger partial charge in [-0.3, -0.25) is 14.4 Å². The van der Waals surface area contributed by atoms with Gasteiger partial charge in [0.1, 0.15) is 11.9 Å². The smallest absolute Gasteiger partial charge is 0.329 e. The van der Waals surface area contributed by atoms with E-state index in [9.17, 15) is 23.6 Å². The zero-order valence-corrected chi connectivity index (χ0v) is 13.9. The Bertz CT molecular complexity index is 644. The van der Waals surface area contributed by atoms with Crippen molar-refractivity contribution in [3.8, 4) is 0 Å². The van der Waals surface area contributed by atoms with Gasteiger partial charge in [0, 0.05) is 5.56 Å². The van der Waals surface area contributed by atoms with Crippen LogP contribution >= 0.6 is 0 Å². The van der Waals surface area contributed by atoms with Gasteiger partial charge in [-0.25, -0.2) is 9.18 Å². The number of ether oxygens (including phenoxy) is 3. The molecule has 136 valence electrons. The Balaban J connectivity index is 3.09. The Hall–Kier alpha value is -2.97. The van der Waals surface area contributed by atoms with Crippen LogP contribution in [0.15, 0.2) is 24.3 Å². The van der Waals surface area contributed by atoms with Crippen molar-refractivity contribution in [2.45, 2.75) is 12.5 Å². The molecule has 2 atom stereocenters. The Labute approximate surface area is 143 Å². The second-order valence-electron chi connectivity index (χ2n) is 4.89. The van der Waals surface area contributed by atoms with Crippen molar-refractivity contribution in [1.82, 2.24) is 5.32 Å². The third-order valence-corrected chi connectivity index (χ3v) is 3.37. The number of nitrogens with one attached hydrogen (secondary N) is 1. The van der Waals surface area contributed by atoms with E-state index < -0.39 is 48.0 Å². The zero-order chi connectivity index (χ0) is 19.0. The number of hydrogen-bond donors (Lipinski definition) is 1. The summed E-state index contributed by atoms with van der Waals surface area (Å²) in [6, 6.07) is 3.04. The Morgan fingerprint density at radius 1 is 0.960 bits per heavy atom. The van der Waals surface area contributed by atoms with Crippen LogP contribution in [-0.2, 0) is 28.6 Å². The number of carbonyl (C=O) groups is 4. The maximum atomic E-state index is 12.9. The summed E-state index contributed by atoms with van der Waals surface area (Å²) in [5.41, 5.74) is 0.0528. The van der Waals surface area contributed by atoms with Gasteiger partial charge in [-0.15, -0.1) is 0 Å². The summed E-state index contributed by atoms with van der Waals surface area (Å²) >= 11 is 0. The molecule has 0 spiro atoms. The summed E-state index contributed by atoms with van der Waals surface area (Å²) in [5.74, 6) is -5.28. The molecule has 0 bridgehead atoms. The van der Waals surface area contributed by atoms with Gasteiger partial charge in [-0.05, 0) is 24.3 Å². The van der Waals surface area contributed by atoms with E-state index in [1.807, 2.05) is 0 Å². The van der Waals surface area contributed by atoms with Crippen LogP contribution in [0.3, 0.4) is 0 Å². The van der Waals surface area contributed by atoms with E-state index in [-0.39, 0.29) is 5.56 Å². The highest BCUT2D eigenvalue weighted by atomic mass is 19.1.